The number of Topliss-reactive ketones (excluding diaryl/α,β-unsaturated/α-hetero) is 1. The lowest BCUT2D eigenvalue weighted by Crippen LogP contribution is -2.36. The molecular formula is C15H20N2O2. The molecule has 1 amide bonds. The molecule has 2 rings (SSSR count). The SMILES string of the molecule is CNCC(C)CN1C(=O)C(=O)c2cc(C)cc(C)c21. The lowest BCUT2D eigenvalue weighted by Gasteiger charge is -2.22. The van der Waals surface area contributed by atoms with Gasteiger partial charge >= 0.3 is 0 Å². The van der Waals surface area contributed by atoms with E-state index in [0.29, 0.717) is 18.0 Å². The van der Waals surface area contributed by atoms with E-state index < -0.39 is 5.91 Å². The van der Waals surface area contributed by atoms with E-state index in [4.69, 9.17) is 0 Å². The van der Waals surface area contributed by atoms with Gasteiger partial charge in [-0.15, -0.1) is 0 Å². The molecular weight excluding hydrogens is 240 g/mol. The predicted molar refractivity (Wildman–Crippen MR) is 75.7 cm³/mol. The number of ketones is 1. The van der Waals surface area contributed by atoms with Gasteiger partial charge in [-0.1, -0.05) is 13.0 Å². The van der Waals surface area contributed by atoms with Crippen LogP contribution in [-0.2, 0) is 4.79 Å². The Kier molecular flexibility index (Phi) is 3.71. The molecule has 0 saturated carbocycles. The van der Waals surface area contributed by atoms with Crippen molar-refractivity contribution in [2.75, 3.05) is 25.0 Å². The Bertz CT molecular complexity index is 537. The Balaban J connectivity index is 2.39. The van der Waals surface area contributed by atoms with E-state index in [1.165, 1.54) is 0 Å². The second-order valence-corrected chi connectivity index (χ2v) is 5.39. The van der Waals surface area contributed by atoms with Crippen molar-refractivity contribution in [1.29, 1.82) is 0 Å². The molecule has 0 aliphatic carbocycles. The van der Waals surface area contributed by atoms with E-state index in [9.17, 15) is 9.59 Å². The van der Waals surface area contributed by atoms with Crippen LogP contribution in [0.15, 0.2) is 12.1 Å². The summed E-state index contributed by atoms with van der Waals surface area (Å²) in [6.07, 6.45) is 0. The van der Waals surface area contributed by atoms with Crippen LogP contribution in [0.5, 0.6) is 0 Å². The largest absolute Gasteiger partial charge is 0.319 e. The molecule has 1 atom stereocenters. The summed E-state index contributed by atoms with van der Waals surface area (Å²) in [6, 6.07) is 3.83. The Morgan fingerprint density at radius 1 is 1.26 bits per heavy atom. The topological polar surface area (TPSA) is 49.4 Å². The van der Waals surface area contributed by atoms with E-state index >= 15 is 0 Å². The van der Waals surface area contributed by atoms with Crippen LogP contribution in [0.1, 0.15) is 28.4 Å². The van der Waals surface area contributed by atoms with Crippen LogP contribution >= 0.6 is 0 Å². The fourth-order valence-corrected chi connectivity index (χ4v) is 2.73. The van der Waals surface area contributed by atoms with Crippen molar-refractivity contribution in [2.24, 2.45) is 5.92 Å². The van der Waals surface area contributed by atoms with Gasteiger partial charge in [-0.05, 0) is 50.6 Å². The average Bonchev–Trinajstić information content (AvgIpc) is 2.55. The minimum absolute atomic E-state index is 0.299. The first-order chi connectivity index (χ1) is 8.95. The van der Waals surface area contributed by atoms with Crippen molar-refractivity contribution in [3.8, 4) is 0 Å². The quantitative estimate of drug-likeness (QED) is 0.838. The molecule has 0 saturated heterocycles. The highest BCUT2D eigenvalue weighted by Gasteiger charge is 2.37. The van der Waals surface area contributed by atoms with Gasteiger partial charge in [-0.3, -0.25) is 9.59 Å². The average molecular weight is 260 g/mol. The number of hydrogen-bond acceptors (Lipinski definition) is 3. The van der Waals surface area contributed by atoms with E-state index in [-0.39, 0.29) is 5.78 Å². The van der Waals surface area contributed by atoms with Gasteiger partial charge in [-0.25, -0.2) is 0 Å². The molecule has 1 aromatic rings. The predicted octanol–water partition coefficient (Wildman–Crippen LogP) is 1.69. The van der Waals surface area contributed by atoms with Gasteiger partial charge in [0.1, 0.15) is 0 Å². The molecule has 0 radical (unpaired) electrons. The van der Waals surface area contributed by atoms with Crippen LogP contribution in [0.3, 0.4) is 0 Å². The van der Waals surface area contributed by atoms with Crippen molar-refractivity contribution < 1.29 is 9.59 Å². The molecule has 1 N–H and O–H groups in total. The highest BCUT2D eigenvalue weighted by molar-refractivity contribution is 6.52. The maximum atomic E-state index is 12.1. The number of fused-ring (bicyclic) bond motifs is 1. The van der Waals surface area contributed by atoms with Crippen LogP contribution in [-0.4, -0.2) is 31.8 Å². The van der Waals surface area contributed by atoms with Crippen LogP contribution in [0.4, 0.5) is 5.69 Å². The number of benzene rings is 1. The van der Waals surface area contributed by atoms with Gasteiger partial charge in [0, 0.05) is 6.54 Å². The zero-order valence-corrected chi connectivity index (χ0v) is 11.9. The summed E-state index contributed by atoms with van der Waals surface area (Å²) in [7, 11) is 1.88. The molecule has 0 aromatic heterocycles. The highest BCUT2D eigenvalue weighted by Crippen LogP contribution is 2.33. The second-order valence-electron chi connectivity index (χ2n) is 5.39. The monoisotopic (exact) mass is 260 g/mol. The molecule has 1 heterocycles. The first-order valence-electron chi connectivity index (χ1n) is 6.57. The molecule has 1 aromatic carbocycles. The third-order valence-electron chi connectivity index (χ3n) is 3.45. The summed E-state index contributed by atoms with van der Waals surface area (Å²) in [5, 5.41) is 3.09. The fraction of sp³-hybridized carbons (Fsp3) is 0.467. The molecule has 0 spiro atoms. The first kappa shape index (κ1) is 13.7. The maximum absolute atomic E-state index is 12.1. The molecule has 1 aliphatic rings. The lowest BCUT2D eigenvalue weighted by atomic mass is 10.0. The number of aryl methyl sites for hydroxylation is 2. The molecule has 1 unspecified atom stereocenters. The minimum Gasteiger partial charge on any atom is -0.319 e. The number of anilines is 1. The van der Waals surface area contributed by atoms with Crippen molar-refractivity contribution in [1.82, 2.24) is 5.32 Å². The standard InChI is InChI=1S/C15H20N2O2/c1-9-5-11(3)13-12(6-9)14(18)15(19)17(13)8-10(2)7-16-4/h5-6,10,16H,7-8H2,1-4H3. The third-order valence-corrected chi connectivity index (χ3v) is 3.45. The Morgan fingerprint density at radius 3 is 2.58 bits per heavy atom. The number of carbonyl (C=O) groups excluding carboxylic acids is 2. The van der Waals surface area contributed by atoms with Gasteiger partial charge in [0.15, 0.2) is 0 Å². The zero-order chi connectivity index (χ0) is 14.2. The molecule has 4 heteroatoms. The minimum atomic E-state index is -0.397. The van der Waals surface area contributed by atoms with Crippen LogP contribution in [0.2, 0.25) is 0 Å². The van der Waals surface area contributed by atoms with Crippen LogP contribution < -0.4 is 10.2 Å². The van der Waals surface area contributed by atoms with Crippen molar-refractivity contribution in [3.63, 3.8) is 0 Å². The van der Waals surface area contributed by atoms with E-state index in [2.05, 4.69) is 12.2 Å². The number of nitrogens with one attached hydrogen (secondary N) is 1. The lowest BCUT2D eigenvalue weighted by molar-refractivity contribution is -0.114. The van der Waals surface area contributed by atoms with E-state index in [1.807, 2.05) is 33.0 Å². The molecule has 19 heavy (non-hydrogen) atoms. The van der Waals surface area contributed by atoms with Gasteiger partial charge in [0.2, 0.25) is 0 Å². The first-order valence-corrected chi connectivity index (χ1v) is 6.57. The normalized spacial score (nSPS) is 15.9. The Hall–Kier alpha value is -1.68. The van der Waals surface area contributed by atoms with E-state index in [1.54, 1.807) is 4.90 Å². The molecule has 4 nitrogen and oxygen atoms in total. The summed E-state index contributed by atoms with van der Waals surface area (Å²) in [5.74, 6) is -0.474. The smallest absolute Gasteiger partial charge is 0.299 e. The van der Waals surface area contributed by atoms with E-state index in [0.717, 1.165) is 23.4 Å². The summed E-state index contributed by atoms with van der Waals surface area (Å²) in [4.78, 5) is 25.8. The zero-order valence-electron chi connectivity index (χ0n) is 11.9. The van der Waals surface area contributed by atoms with Gasteiger partial charge in [0.25, 0.3) is 11.7 Å². The maximum Gasteiger partial charge on any atom is 0.299 e. The molecule has 1 aliphatic heterocycles. The number of carbonyl (C=O) groups is 2. The van der Waals surface area contributed by atoms with Gasteiger partial charge in [-0.2, -0.15) is 0 Å². The van der Waals surface area contributed by atoms with Crippen LogP contribution in [0, 0.1) is 19.8 Å². The van der Waals surface area contributed by atoms with Gasteiger partial charge < -0.3 is 10.2 Å². The van der Waals surface area contributed by atoms with Crippen LogP contribution in [0.25, 0.3) is 0 Å². The fourth-order valence-electron chi connectivity index (χ4n) is 2.73. The molecule has 0 bridgehead atoms. The molecule has 0 fully saturated rings. The number of rotatable bonds is 4. The summed E-state index contributed by atoms with van der Waals surface area (Å²) < 4.78 is 0. The van der Waals surface area contributed by atoms with Gasteiger partial charge in [0.05, 0.1) is 11.3 Å². The summed E-state index contributed by atoms with van der Waals surface area (Å²) in [6.45, 7) is 7.35. The number of amides is 1. The summed E-state index contributed by atoms with van der Waals surface area (Å²) >= 11 is 0. The number of nitrogens with zero attached hydrogens (tertiary/aromatic N) is 1. The molecule has 102 valence electrons. The second kappa shape index (κ2) is 5.13. The summed E-state index contributed by atoms with van der Waals surface area (Å²) in [5.41, 5.74) is 3.36. The highest BCUT2D eigenvalue weighted by atomic mass is 16.2. The third kappa shape index (κ3) is 2.40. The number of hydrogen-bond donors (Lipinski definition) is 1. The van der Waals surface area contributed by atoms with Crippen molar-refractivity contribution >= 4 is 17.4 Å². The van der Waals surface area contributed by atoms with Crippen molar-refractivity contribution in [3.05, 3.63) is 28.8 Å². The Morgan fingerprint density at radius 2 is 1.95 bits per heavy atom. The van der Waals surface area contributed by atoms with Crippen molar-refractivity contribution in [2.45, 2.75) is 20.8 Å². The Labute approximate surface area is 113 Å².